The van der Waals surface area contributed by atoms with Crippen LogP contribution in [-0.2, 0) is 30.4 Å². The highest BCUT2D eigenvalue weighted by Crippen LogP contribution is 2.31. The molecule has 7 heteroatoms. The number of likely N-dealkylation sites (N-methyl/N-ethyl adjacent to an activating group) is 1. The molecule has 0 spiro atoms. The van der Waals surface area contributed by atoms with Gasteiger partial charge in [-0.1, -0.05) is 49.4 Å². The topological polar surface area (TPSA) is 49.8 Å². The largest absolute Gasteiger partial charge is 0.482 e. The van der Waals surface area contributed by atoms with E-state index in [0.29, 0.717) is 5.75 Å². The number of alkyl halides is 3. The first kappa shape index (κ1) is 25.3. The van der Waals surface area contributed by atoms with Crippen molar-refractivity contribution in [3.8, 4) is 16.9 Å². The van der Waals surface area contributed by atoms with Crippen LogP contribution in [0.2, 0.25) is 0 Å². The lowest BCUT2D eigenvalue weighted by Gasteiger charge is -2.18. The summed E-state index contributed by atoms with van der Waals surface area (Å²) in [7, 11) is 2.03. The Labute approximate surface area is 197 Å². The summed E-state index contributed by atoms with van der Waals surface area (Å²) in [4.78, 5) is 12.9. The summed E-state index contributed by atoms with van der Waals surface area (Å²) in [6, 6.07) is 18.7. The van der Waals surface area contributed by atoms with Gasteiger partial charge in [0.15, 0.2) is 6.61 Å². The zero-order valence-electron chi connectivity index (χ0n) is 19.2. The molecule has 3 aromatic rings. The summed E-state index contributed by atoms with van der Waals surface area (Å²) in [5.41, 5.74) is 4.40. The molecule has 0 heterocycles. The van der Waals surface area contributed by atoms with Crippen LogP contribution >= 0.6 is 0 Å². The summed E-state index contributed by atoms with van der Waals surface area (Å²) >= 11 is 0. The standard InChI is InChI=1S/C27H28F3NO3/c1-3-20-10-13-25(34-18-26(32)33)16-23(20)14-15-31(2)17-19-4-6-21(7-5-19)22-8-11-24(12-9-22)27(28,29)30/h4-13,16H,3,14-15,17-18H2,1-2H3,(H,32,33). The average molecular weight is 472 g/mol. The average Bonchev–Trinajstić information content (AvgIpc) is 2.81. The maximum Gasteiger partial charge on any atom is 0.416 e. The number of nitrogens with zero attached hydrogens (tertiary/aromatic N) is 1. The first-order valence-electron chi connectivity index (χ1n) is 11.1. The van der Waals surface area contributed by atoms with Crippen LogP contribution < -0.4 is 4.74 Å². The molecule has 4 nitrogen and oxygen atoms in total. The molecule has 0 atom stereocenters. The first-order chi connectivity index (χ1) is 16.2. The molecule has 0 saturated heterocycles. The van der Waals surface area contributed by atoms with E-state index >= 15 is 0 Å². The van der Waals surface area contributed by atoms with Crippen LogP contribution in [0.1, 0.15) is 29.2 Å². The van der Waals surface area contributed by atoms with Crippen molar-refractivity contribution in [3.05, 3.63) is 89.0 Å². The van der Waals surface area contributed by atoms with Crippen molar-refractivity contribution < 1.29 is 27.8 Å². The molecule has 0 saturated carbocycles. The van der Waals surface area contributed by atoms with Gasteiger partial charge in [-0.2, -0.15) is 13.2 Å². The molecule has 0 amide bonds. The number of ether oxygens (including phenoxy) is 1. The quantitative estimate of drug-likeness (QED) is 0.390. The minimum atomic E-state index is -4.34. The summed E-state index contributed by atoms with van der Waals surface area (Å²) in [6.45, 7) is 3.24. The zero-order valence-corrected chi connectivity index (χ0v) is 19.2. The van der Waals surface area contributed by atoms with Gasteiger partial charge < -0.3 is 14.7 Å². The van der Waals surface area contributed by atoms with Gasteiger partial charge >= 0.3 is 12.1 Å². The predicted octanol–water partition coefficient (Wildman–Crippen LogP) is 6.07. The van der Waals surface area contributed by atoms with E-state index in [1.165, 1.54) is 17.7 Å². The second kappa shape index (κ2) is 11.2. The second-order valence-electron chi connectivity index (χ2n) is 8.23. The van der Waals surface area contributed by atoms with Crippen LogP contribution in [0.4, 0.5) is 13.2 Å². The lowest BCUT2D eigenvalue weighted by molar-refractivity contribution is -0.139. The monoisotopic (exact) mass is 471 g/mol. The Balaban J connectivity index is 1.58. The van der Waals surface area contributed by atoms with E-state index in [2.05, 4.69) is 11.8 Å². The Bertz CT molecular complexity index is 1090. The van der Waals surface area contributed by atoms with Gasteiger partial charge in [0.1, 0.15) is 5.75 Å². The number of rotatable bonds is 10. The summed E-state index contributed by atoms with van der Waals surface area (Å²) in [6.07, 6.45) is -2.66. The Morgan fingerprint density at radius 3 is 2.12 bits per heavy atom. The van der Waals surface area contributed by atoms with Crippen molar-refractivity contribution in [2.75, 3.05) is 20.2 Å². The van der Waals surface area contributed by atoms with Gasteiger partial charge in [-0.15, -0.1) is 0 Å². The fourth-order valence-electron chi connectivity index (χ4n) is 3.77. The molecule has 34 heavy (non-hydrogen) atoms. The molecule has 0 aliphatic carbocycles. The first-order valence-corrected chi connectivity index (χ1v) is 11.1. The lowest BCUT2D eigenvalue weighted by atomic mass is 10.0. The van der Waals surface area contributed by atoms with Gasteiger partial charge in [0.2, 0.25) is 0 Å². The number of benzene rings is 3. The summed E-state index contributed by atoms with van der Waals surface area (Å²) in [5, 5.41) is 8.81. The van der Waals surface area contributed by atoms with Crippen molar-refractivity contribution >= 4 is 5.97 Å². The van der Waals surface area contributed by atoms with Gasteiger partial charge in [0, 0.05) is 13.1 Å². The Morgan fingerprint density at radius 2 is 1.56 bits per heavy atom. The predicted molar refractivity (Wildman–Crippen MR) is 126 cm³/mol. The van der Waals surface area contributed by atoms with Crippen LogP contribution in [0.15, 0.2) is 66.7 Å². The van der Waals surface area contributed by atoms with Gasteiger partial charge in [0.25, 0.3) is 0 Å². The van der Waals surface area contributed by atoms with E-state index < -0.39 is 17.7 Å². The number of aryl methyl sites for hydroxylation is 1. The lowest BCUT2D eigenvalue weighted by Crippen LogP contribution is -2.21. The third kappa shape index (κ3) is 7.09. The fourth-order valence-corrected chi connectivity index (χ4v) is 3.77. The van der Waals surface area contributed by atoms with Crippen molar-refractivity contribution in [2.24, 2.45) is 0 Å². The third-order valence-electron chi connectivity index (χ3n) is 5.64. The summed E-state index contributed by atoms with van der Waals surface area (Å²) in [5.74, 6) is -0.457. The number of halogens is 3. The van der Waals surface area contributed by atoms with Crippen LogP contribution in [0.5, 0.6) is 5.75 Å². The van der Waals surface area contributed by atoms with Crippen molar-refractivity contribution in [1.82, 2.24) is 4.90 Å². The molecule has 0 bridgehead atoms. The number of aliphatic carboxylic acids is 1. The minimum Gasteiger partial charge on any atom is -0.482 e. The fraction of sp³-hybridized carbons (Fsp3) is 0.296. The molecular weight excluding hydrogens is 443 g/mol. The number of carboxylic acid groups (broad SMARTS) is 1. The van der Waals surface area contributed by atoms with Crippen molar-refractivity contribution in [2.45, 2.75) is 32.5 Å². The Hall–Kier alpha value is -3.32. The molecule has 0 aromatic heterocycles. The number of hydrogen-bond acceptors (Lipinski definition) is 3. The number of hydrogen-bond donors (Lipinski definition) is 1. The highest BCUT2D eigenvalue weighted by Gasteiger charge is 2.29. The minimum absolute atomic E-state index is 0.368. The molecule has 0 unspecified atom stereocenters. The molecule has 0 aliphatic heterocycles. The van der Waals surface area contributed by atoms with E-state index in [1.807, 2.05) is 43.4 Å². The van der Waals surface area contributed by atoms with Crippen molar-refractivity contribution in [1.29, 1.82) is 0 Å². The van der Waals surface area contributed by atoms with Crippen LogP contribution in [-0.4, -0.2) is 36.2 Å². The molecular formula is C27H28F3NO3. The van der Waals surface area contributed by atoms with Gasteiger partial charge in [-0.05, 0) is 72.0 Å². The van der Waals surface area contributed by atoms with E-state index in [-0.39, 0.29) is 6.61 Å². The molecule has 180 valence electrons. The molecule has 3 aromatic carbocycles. The van der Waals surface area contributed by atoms with Crippen molar-refractivity contribution in [3.63, 3.8) is 0 Å². The highest BCUT2D eigenvalue weighted by molar-refractivity contribution is 5.68. The van der Waals surface area contributed by atoms with E-state index in [4.69, 9.17) is 9.84 Å². The highest BCUT2D eigenvalue weighted by atomic mass is 19.4. The maximum absolute atomic E-state index is 12.8. The third-order valence-corrected chi connectivity index (χ3v) is 5.64. The van der Waals surface area contributed by atoms with Gasteiger partial charge in [-0.3, -0.25) is 0 Å². The van der Waals surface area contributed by atoms with Crippen LogP contribution in [0.3, 0.4) is 0 Å². The Kier molecular flexibility index (Phi) is 8.34. The normalized spacial score (nSPS) is 11.6. The van der Waals surface area contributed by atoms with Crippen LogP contribution in [0, 0.1) is 0 Å². The van der Waals surface area contributed by atoms with Gasteiger partial charge in [-0.25, -0.2) is 4.79 Å². The van der Waals surface area contributed by atoms with Crippen LogP contribution in [0.25, 0.3) is 11.1 Å². The van der Waals surface area contributed by atoms with E-state index in [0.717, 1.165) is 60.3 Å². The molecule has 3 rings (SSSR count). The second-order valence-corrected chi connectivity index (χ2v) is 8.23. The molecule has 0 radical (unpaired) electrons. The summed E-state index contributed by atoms with van der Waals surface area (Å²) < 4.78 is 43.6. The van der Waals surface area contributed by atoms with Gasteiger partial charge in [0.05, 0.1) is 5.56 Å². The number of carbonyl (C=O) groups is 1. The maximum atomic E-state index is 12.8. The number of carboxylic acids is 1. The molecule has 0 aliphatic rings. The van der Waals surface area contributed by atoms with E-state index in [9.17, 15) is 18.0 Å². The Morgan fingerprint density at radius 1 is 0.941 bits per heavy atom. The molecule has 0 fully saturated rings. The zero-order chi connectivity index (χ0) is 24.7. The smallest absolute Gasteiger partial charge is 0.416 e. The van der Waals surface area contributed by atoms with E-state index in [1.54, 1.807) is 6.07 Å². The molecule has 1 N–H and O–H groups in total. The SMILES string of the molecule is CCc1ccc(OCC(=O)O)cc1CCN(C)Cc1ccc(-c2ccc(C(F)(F)F)cc2)cc1.